The maximum atomic E-state index is 13.5. The van der Waals surface area contributed by atoms with Crippen molar-refractivity contribution in [3.63, 3.8) is 0 Å². The van der Waals surface area contributed by atoms with E-state index in [1.54, 1.807) is 12.1 Å². The Balaban J connectivity index is 2.03. The minimum Gasteiger partial charge on any atom is -0.337 e. The molecule has 1 fully saturated rings. The van der Waals surface area contributed by atoms with Gasteiger partial charge in [0.15, 0.2) is 0 Å². The van der Waals surface area contributed by atoms with Gasteiger partial charge in [-0.15, -0.1) is 0 Å². The van der Waals surface area contributed by atoms with Gasteiger partial charge in [0, 0.05) is 24.0 Å². The van der Waals surface area contributed by atoms with Crippen molar-refractivity contribution >= 4 is 11.4 Å². The fourth-order valence-corrected chi connectivity index (χ4v) is 2.68. The Morgan fingerprint density at radius 2 is 1.55 bits per heavy atom. The SMILES string of the molecule is Fc1cccc(N(c2cccc(F)c2)[C@H]2CCNC2)c1. The smallest absolute Gasteiger partial charge is 0.125 e. The third kappa shape index (κ3) is 2.65. The van der Waals surface area contributed by atoms with E-state index >= 15 is 0 Å². The number of nitrogens with zero attached hydrogens (tertiary/aromatic N) is 1. The van der Waals surface area contributed by atoms with Crippen LogP contribution in [0.1, 0.15) is 6.42 Å². The van der Waals surface area contributed by atoms with Gasteiger partial charge < -0.3 is 10.2 Å². The van der Waals surface area contributed by atoms with Gasteiger partial charge >= 0.3 is 0 Å². The monoisotopic (exact) mass is 274 g/mol. The Morgan fingerprint density at radius 1 is 0.950 bits per heavy atom. The minimum atomic E-state index is -0.283. The van der Waals surface area contributed by atoms with Crippen molar-refractivity contribution in [1.82, 2.24) is 5.32 Å². The Bertz CT molecular complexity index is 549. The Morgan fingerprint density at radius 3 is 2.00 bits per heavy atom. The Kier molecular flexibility index (Phi) is 3.65. The highest BCUT2D eigenvalue weighted by atomic mass is 19.1. The van der Waals surface area contributed by atoms with E-state index in [-0.39, 0.29) is 17.7 Å². The zero-order chi connectivity index (χ0) is 13.9. The lowest BCUT2D eigenvalue weighted by atomic mass is 10.1. The van der Waals surface area contributed by atoms with Crippen molar-refractivity contribution in [2.45, 2.75) is 12.5 Å². The summed E-state index contributed by atoms with van der Waals surface area (Å²) in [6, 6.07) is 13.1. The topological polar surface area (TPSA) is 15.3 Å². The first-order valence-electron chi connectivity index (χ1n) is 6.75. The Labute approximate surface area is 117 Å². The van der Waals surface area contributed by atoms with E-state index in [2.05, 4.69) is 5.32 Å². The molecule has 0 bridgehead atoms. The largest absolute Gasteiger partial charge is 0.337 e. The van der Waals surface area contributed by atoms with Crippen molar-refractivity contribution in [2.24, 2.45) is 0 Å². The molecule has 2 aromatic carbocycles. The number of benzene rings is 2. The van der Waals surface area contributed by atoms with Gasteiger partial charge in [-0.2, -0.15) is 0 Å². The van der Waals surface area contributed by atoms with Crippen molar-refractivity contribution in [2.75, 3.05) is 18.0 Å². The number of hydrogen-bond donors (Lipinski definition) is 1. The molecular weight excluding hydrogens is 258 g/mol. The molecule has 2 aromatic rings. The fraction of sp³-hybridized carbons (Fsp3) is 0.250. The summed E-state index contributed by atoms with van der Waals surface area (Å²) in [6.07, 6.45) is 0.951. The Hall–Kier alpha value is -1.94. The van der Waals surface area contributed by atoms with Crippen LogP contribution >= 0.6 is 0 Å². The first-order valence-corrected chi connectivity index (χ1v) is 6.75. The van der Waals surface area contributed by atoms with Crippen molar-refractivity contribution in [3.8, 4) is 0 Å². The van der Waals surface area contributed by atoms with Crippen LogP contribution in [0.15, 0.2) is 48.5 Å². The summed E-state index contributed by atoms with van der Waals surface area (Å²) in [5.41, 5.74) is 1.51. The number of hydrogen-bond acceptors (Lipinski definition) is 2. The first-order chi connectivity index (χ1) is 9.74. The molecular formula is C16H16F2N2. The molecule has 1 N–H and O–H groups in total. The standard InChI is InChI=1S/C16H16F2N2/c17-12-3-1-5-14(9-12)20(16-7-8-19-11-16)15-6-2-4-13(18)10-15/h1-6,9-10,16,19H,7-8,11H2/t16-/m0/s1. The van der Waals surface area contributed by atoms with Crippen LogP contribution in [0.3, 0.4) is 0 Å². The predicted molar refractivity (Wildman–Crippen MR) is 76.2 cm³/mol. The van der Waals surface area contributed by atoms with Crippen LogP contribution in [-0.2, 0) is 0 Å². The average Bonchev–Trinajstić information content (AvgIpc) is 2.93. The van der Waals surface area contributed by atoms with Crippen LogP contribution in [0.25, 0.3) is 0 Å². The van der Waals surface area contributed by atoms with E-state index in [4.69, 9.17) is 0 Å². The highest BCUT2D eigenvalue weighted by Gasteiger charge is 2.24. The lowest BCUT2D eigenvalue weighted by molar-refractivity contribution is 0.622. The van der Waals surface area contributed by atoms with Gasteiger partial charge in [-0.05, 0) is 49.4 Å². The second-order valence-corrected chi connectivity index (χ2v) is 4.98. The van der Waals surface area contributed by atoms with E-state index in [1.165, 1.54) is 24.3 Å². The molecule has 1 heterocycles. The molecule has 0 amide bonds. The third-order valence-electron chi connectivity index (χ3n) is 3.57. The third-order valence-corrected chi connectivity index (χ3v) is 3.57. The maximum absolute atomic E-state index is 13.5. The molecule has 0 aliphatic carbocycles. The zero-order valence-corrected chi connectivity index (χ0v) is 11.0. The molecule has 20 heavy (non-hydrogen) atoms. The van der Waals surface area contributed by atoms with Gasteiger partial charge in [0.2, 0.25) is 0 Å². The maximum Gasteiger partial charge on any atom is 0.125 e. The van der Waals surface area contributed by atoms with E-state index in [0.717, 1.165) is 30.9 Å². The van der Waals surface area contributed by atoms with Gasteiger partial charge in [-0.3, -0.25) is 0 Å². The highest BCUT2D eigenvalue weighted by Crippen LogP contribution is 2.30. The molecule has 1 aliphatic rings. The summed E-state index contributed by atoms with van der Waals surface area (Å²) in [5.74, 6) is -0.565. The summed E-state index contributed by atoms with van der Waals surface area (Å²) < 4.78 is 27.0. The highest BCUT2D eigenvalue weighted by molar-refractivity contribution is 5.64. The summed E-state index contributed by atoms with van der Waals surface area (Å²) in [4.78, 5) is 2.01. The molecule has 104 valence electrons. The quantitative estimate of drug-likeness (QED) is 0.922. The summed E-state index contributed by atoms with van der Waals surface area (Å²) in [7, 11) is 0. The van der Waals surface area contributed by atoms with Crippen LogP contribution < -0.4 is 10.2 Å². The second-order valence-electron chi connectivity index (χ2n) is 4.98. The molecule has 3 rings (SSSR count). The summed E-state index contributed by atoms with van der Waals surface area (Å²) >= 11 is 0. The van der Waals surface area contributed by atoms with Crippen LogP contribution in [0.2, 0.25) is 0 Å². The van der Waals surface area contributed by atoms with Crippen molar-refractivity contribution in [1.29, 1.82) is 0 Å². The molecule has 0 saturated carbocycles. The predicted octanol–water partition coefficient (Wildman–Crippen LogP) is 3.46. The molecule has 0 aromatic heterocycles. The molecule has 0 unspecified atom stereocenters. The molecule has 1 aliphatic heterocycles. The zero-order valence-electron chi connectivity index (χ0n) is 11.0. The average molecular weight is 274 g/mol. The van der Waals surface area contributed by atoms with Crippen LogP contribution in [0.4, 0.5) is 20.2 Å². The van der Waals surface area contributed by atoms with Gasteiger partial charge in [-0.1, -0.05) is 12.1 Å². The minimum absolute atomic E-state index is 0.207. The van der Waals surface area contributed by atoms with Gasteiger partial charge in [0.25, 0.3) is 0 Å². The van der Waals surface area contributed by atoms with Crippen molar-refractivity contribution < 1.29 is 8.78 Å². The number of rotatable bonds is 3. The molecule has 0 spiro atoms. The molecule has 2 nitrogen and oxygen atoms in total. The molecule has 0 radical (unpaired) electrons. The van der Waals surface area contributed by atoms with Crippen LogP contribution in [-0.4, -0.2) is 19.1 Å². The van der Waals surface area contributed by atoms with E-state index in [1.807, 2.05) is 17.0 Å². The first kappa shape index (κ1) is 13.1. The van der Waals surface area contributed by atoms with Crippen LogP contribution in [0, 0.1) is 11.6 Å². The summed E-state index contributed by atoms with van der Waals surface area (Å²) in [5, 5.41) is 3.29. The molecule has 4 heteroatoms. The fourth-order valence-electron chi connectivity index (χ4n) is 2.68. The molecule has 1 atom stereocenters. The summed E-state index contributed by atoms with van der Waals surface area (Å²) in [6.45, 7) is 1.73. The van der Waals surface area contributed by atoms with E-state index in [9.17, 15) is 8.78 Å². The number of anilines is 2. The normalized spacial score (nSPS) is 18.2. The van der Waals surface area contributed by atoms with E-state index < -0.39 is 0 Å². The lowest BCUT2D eigenvalue weighted by Gasteiger charge is -2.31. The number of nitrogens with one attached hydrogen (secondary N) is 1. The molecule has 1 saturated heterocycles. The van der Waals surface area contributed by atoms with E-state index in [0.29, 0.717) is 0 Å². The van der Waals surface area contributed by atoms with Crippen molar-refractivity contribution in [3.05, 3.63) is 60.2 Å². The number of halogens is 2. The second kappa shape index (κ2) is 5.59. The van der Waals surface area contributed by atoms with Crippen LogP contribution in [0.5, 0.6) is 0 Å². The van der Waals surface area contributed by atoms with Gasteiger partial charge in [0.05, 0.1) is 0 Å². The van der Waals surface area contributed by atoms with Gasteiger partial charge in [0.1, 0.15) is 11.6 Å². The lowest BCUT2D eigenvalue weighted by Crippen LogP contribution is -2.33. The van der Waals surface area contributed by atoms with Gasteiger partial charge in [-0.25, -0.2) is 8.78 Å².